The van der Waals surface area contributed by atoms with Gasteiger partial charge in [0.2, 0.25) is 11.8 Å². The van der Waals surface area contributed by atoms with Crippen molar-refractivity contribution in [1.82, 2.24) is 5.32 Å². The molecule has 5 heteroatoms. The van der Waals surface area contributed by atoms with Crippen LogP contribution in [0, 0.1) is 5.92 Å². The monoisotopic (exact) mass is 278 g/mol. The Labute approximate surface area is 119 Å². The predicted octanol–water partition coefficient (Wildman–Crippen LogP) is 1.32. The van der Waals surface area contributed by atoms with Crippen LogP contribution in [0.25, 0.3) is 0 Å². The molecule has 0 aliphatic rings. The second-order valence-electron chi connectivity index (χ2n) is 5.08. The summed E-state index contributed by atoms with van der Waals surface area (Å²) in [6, 6.07) is 6.73. The lowest BCUT2D eigenvalue weighted by Crippen LogP contribution is -2.46. The first kappa shape index (κ1) is 16.2. The minimum atomic E-state index is -0.551. The number of rotatable bonds is 6. The van der Waals surface area contributed by atoms with E-state index in [1.807, 2.05) is 26.0 Å². The maximum atomic E-state index is 12.1. The van der Waals surface area contributed by atoms with E-state index in [1.54, 1.807) is 12.1 Å². The second-order valence-corrected chi connectivity index (χ2v) is 5.08. The van der Waals surface area contributed by atoms with Crippen LogP contribution in [0.5, 0.6) is 0 Å². The lowest BCUT2D eigenvalue weighted by Gasteiger charge is -2.21. The largest absolute Gasteiger partial charge is 0.396 e. The van der Waals surface area contributed by atoms with Crippen LogP contribution in [0.2, 0.25) is 0 Å². The quantitative estimate of drug-likeness (QED) is 0.734. The molecule has 0 aliphatic carbocycles. The average Bonchev–Trinajstić information content (AvgIpc) is 2.38. The van der Waals surface area contributed by atoms with Crippen LogP contribution in [0.15, 0.2) is 24.3 Å². The fraction of sp³-hybridized carbons (Fsp3) is 0.467. The summed E-state index contributed by atoms with van der Waals surface area (Å²) in [4.78, 5) is 23.3. The van der Waals surface area contributed by atoms with E-state index in [2.05, 4.69) is 10.6 Å². The molecule has 1 unspecified atom stereocenters. The molecule has 0 fully saturated rings. The summed E-state index contributed by atoms with van der Waals surface area (Å²) in [5.41, 5.74) is 1.68. The van der Waals surface area contributed by atoms with Gasteiger partial charge in [-0.05, 0) is 30.0 Å². The number of carbonyl (C=O) groups excluding carboxylic acids is 2. The minimum absolute atomic E-state index is 0.00700. The van der Waals surface area contributed by atoms with Crippen molar-refractivity contribution in [2.45, 2.75) is 33.2 Å². The number of hydrogen-bond donors (Lipinski definition) is 3. The SMILES string of the molecule is CC(=O)NC(C(=O)Nc1ccc(CCO)cc1)C(C)C. The fourth-order valence-electron chi connectivity index (χ4n) is 1.86. The average molecular weight is 278 g/mol. The Morgan fingerprint density at radius 2 is 1.80 bits per heavy atom. The Balaban J connectivity index is 2.69. The number of benzene rings is 1. The first-order valence-corrected chi connectivity index (χ1v) is 6.71. The molecule has 3 N–H and O–H groups in total. The zero-order valence-corrected chi connectivity index (χ0v) is 12.1. The number of carbonyl (C=O) groups is 2. The molecule has 1 rings (SSSR count). The normalized spacial score (nSPS) is 12.1. The van der Waals surface area contributed by atoms with Gasteiger partial charge in [0.15, 0.2) is 0 Å². The van der Waals surface area contributed by atoms with Crippen molar-refractivity contribution in [3.05, 3.63) is 29.8 Å². The van der Waals surface area contributed by atoms with Crippen molar-refractivity contribution in [3.63, 3.8) is 0 Å². The van der Waals surface area contributed by atoms with Gasteiger partial charge < -0.3 is 15.7 Å². The second kappa shape index (κ2) is 7.65. The summed E-state index contributed by atoms with van der Waals surface area (Å²) in [6.45, 7) is 5.26. The van der Waals surface area contributed by atoms with Gasteiger partial charge in [0.25, 0.3) is 0 Å². The Kier molecular flexibility index (Phi) is 6.18. The van der Waals surface area contributed by atoms with E-state index < -0.39 is 6.04 Å². The van der Waals surface area contributed by atoms with Gasteiger partial charge in [0, 0.05) is 19.2 Å². The molecule has 2 amide bonds. The summed E-state index contributed by atoms with van der Waals surface area (Å²) in [7, 11) is 0. The number of anilines is 1. The molecule has 1 aromatic rings. The van der Waals surface area contributed by atoms with E-state index in [-0.39, 0.29) is 24.3 Å². The maximum Gasteiger partial charge on any atom is 0.247 e. The summed E-state index contributed by atoms with van der Waals surface area (Å²) in [5, 5.41) is 14.3. The van der Waals surface area contributed by atoms with E-state index in [0.717, 1.165) is 5.56 Å². The summed E-state index contributed by atoms with van der Waals surface area (Å²) < 4.78 is 0. The minimum Gasteiger partial charge on any atom is -0.396 e. The van der Waals surface area contributed by atoms with Crippen molar-refractivity contribution >= 4 is 17.5 Å². The van der Waals surface area contributed by atoms with Crippen LogP contribution in [0.1, 0.15) is 26.3 Å². The topological polar surface area (TPSA) is 78.4 Å². The smallest absolute Gasteiger partial charge is 0.247 e. The molecule has 5 nitrogen and oxygen atoms in total. The Hall–Kier alpha value is -1.88. The van der Waals surface area contributed by atoms with Crippen molar-refractivity contribution in [2.24, 2.45) is 5.92 Å². The van der Waals surface area contributed by atoms with Gasteiger partial charge in [-0.3, -0.25) is 9.59 Å². The van der Waals surface area contributed by atoms with E-state index in [1.165, 1.54) is 6.92 Å². The summed E-state index contributed by atoms with van der Waals surface area (Å²) in [5.74, 6) is -0.449. The van der Waals surface area contributed by atoms with E-state index >= 15 is 0 Å². The molecule has 0 saturated heterocycles. The zero-order valence-electron chi connectivity index (χ0n) is 12.1. The lowest BCUT2D eigenvalue weighted by molar-refractivity contribution is -0.126. The van der Waals surface area contributed by atoms with Gasteiger partial charge in [-0.15, -0.1) is 0 Å². The van der Waals surface area contributed by atoms with Gasteiger partial charge in [-0.2, -0.15) is 0 Å². The van der Waals surface area contributed by atoms with Crippen molar-refractivity contribution in [1.29, 1.82) is 0 Å². The van der Waals surface area contributed by atoms with E-state index in [0.29, 0.717) is 12.1 Å². The van der Waals surface area contributed by atoms with E-state index in [9.17, 15) is 9.59 Å². The van der Waals surface area contributed by atoms with Crippen molar-refractivity contribution in [3.8, 4) is 0 Å². The van der Waals surface area contributed by atoms with E-state index in [4.69, 9.17) is 5.11 Å². The molecule has 0 saturated carbocycles. The Morgan fingerprint density at radius 3 is 2.25 bits per heavy atom. The van der Waals surface area contributed by atoms with Gasteiger partial charge >= 0.3 is 0 Å². The van der Waals surface area contributed by atoms with Gasteiger partial charge in [-0.25, -0.2) is 0 Å². The van der Waals surface area contributed by atoms with Crippen LogP contribution in [-0.4, -0.2) is 29.6 Å². The van der Waals surface area contributed by atoms with Crippen LogP contribution < -0.4 is 10.6 Å². The number of hydrogen-bond acceptors (Lipinski definition) is 3. The highest BCUT2D eigenvalue weighted by Gasteiger charge is 2.22. The highest BCUT2D eigenvalue weighted by Crippen LogP contribution is 2.12. The molecular weight excluding hydrogens is 256 g/mol. The number of amides is 2. The first-order valence-electron chi connectivity index (χ1n) is 6.71. The molecule has 1 aromatic carbocycles. The lowest BCUT2D eigenvalue weighted by atomic mass is 10.0. The number of nitrogens with one attached hydrogen (secondary N) is 2. The molecule has 0 spiro atoms. The zero-order chi connectivity index (χ0) is 15.1. The van der Waals surface area contributed by atoms with Gasteiger partial charge in [0.05, 0.1) is 0 Å². The van der Waals surface area contributed by atoms with Crippen LogP contribution in [0.4, 0.5) is 5.69 Å². The molecule has 0 heterocycles. The third-order valence-corrected chi connectivity index (χ3v) is 2.93. The van der Waals surface area contributed by atoms with Crippen LogP contribution >= 0.6 is 0 Å². The molecular formula is C15H22N2O3. The molecule has 0 bridgehead atoms. The number of aliphatic hydroxyl groups excluding tert-OH is 1. The standard InChI is InChI=1S/C15H22N2O3/c1-10(2)14(16-11(3)19)15(20)17-13-6-4-12(5-7-13)8-9-18/h4-7,10,14,18H,8-9H2,1-3H3,(H,16,19)(H,17,20). The Morgan fingerprint density at radius 1 is 1.20 bits per heavy atom. The van der Waals surface area contributed by atoms with Gasteiger partial charge in [0.1, 0.15) is 6.04 Å². The number of aliphatic hydroxyl groups is 1. The highest BCUT2D eigenvalue weighted by molar-refractivity contribution is 5.97. The first-order chi connectivity index (χ1) is 9.43. The van der Waals surface area contributed by atoms with Crippen LogP contribution in [0.3, 0.4) is 0 Å². The van der Waals surface area contributed by atoms with Crippen molar-refractivity contribution in [2.75, 3.05) is 11.9 Å². The molecule has 0 aliphatic heterocycles. The highest BCUT2D eigenvalue weighted by atomic mass is 16.3. The third-order valence-electron chi connectivity index (χ3n) is 2.93. The predicted molar refractivity (Wildman–Crippen MR) is 78.3 cm³/mol. The fourth-order valence-corrected chi connectivity index (χ4v) is 1.86. The Bertz CT molecular complexity index is 455. The summed E-state index contributed by atoms with van der Waals surface area (Å²) in [6.07, 6.45) is 0.592. The summed E-state index contributed by atoms with van der Waals surface area (Å²) >= 11 is 0. The van der Waals surface area contributed by atoms with Crippen molar-refractivity contribution < 1.29 is 14.7 Å². The maximum absolute atomic E-state index is 12.1. The van der Waals surface area contributed by atoms with Gasteiger partial charge in [-0.1, -0.05) is 26.0 Å². The molecule has 1 atom stereocenters. The molecule has 110 valence electrons. The molecule has 0 aromatic heterocycles. The third kappa shape index (κ3) is 5.01. The molecule has 20 heavy (non-hydrogen) atoms. The molecule has 0 radical (unpaired) electrons. The van der Waals surface area contributed by atoms with Crippen LogP contribution in [-0.2, 0) is 16.0 Å².